The average molecular weight is 276 g/mol. The molecular formula is C13H15F3O3. The van der Waals surface area contributed by atoms with Crippen LogP contribution in [0.15, 0.2) is 24.3 Å². The Hall–Kier alpha value is -1.72. The first-order chi connectivity index (χ1) is 8.90. The molecule has 0 saturated heterocycles. The van der Waals surface area contributed by atoms with Gasteiger partial charge >= 0.3 is 12.3 Å². The Morgan fingerprint density at radius 3 is 2.37 bits per heavy atom. The van der Waals surface area contributed by atoms with E-state index in [1.807, 2.05) is 6.92 Å². The van der Waals surface area contributed by atoms with Crippen LogP contribution in [0.25, 0.3) is 0 Å². The molecule has 0 N–H and O–H groups in total. The number of carbonyl (C=O) groups excluding carboxylic acids is 1. The minimum atomic E-state index is -4.69. The van der Waals surface area contributed by atoms with E-state index in [4.69, 9.17) is 4.74 Å². The molecule has 0 aliphatic rings. The van der Waals surface area contributed by atoms with Crippen LogP contribution in [0.5, 0.6) is 5.75 Å². The van der Waals surface area contributed by atoms with Gasteiger partial charge in [-0.25, -0.2) is 0 Å². The minimum Gasteiger partial charge on any atom is -0.466 e. The SMILES string of the molecule is CCCOC(=O)CCc1ccc(OC(F)(F)F)cc1. The van der Waals surface area contributed by atoms with Crippen LogP contribution >= 0.6 is 0 Å². The lowest BCUT2D eigenvalue weighted by molar-refractivity contribution is -0.274. The highest BCUT2D eigenvalue weighted by Crippen LogP contribution is 2.22. The molecule has 0 aliphatic heterocycles. The van der Waals surface area contributed by atoms with Crippen molar-refractivity contribution in [2.24, 2.45) is 0 Å². The number of carbonyl (C=O) groups is 1. The topological polar surface area (TPSA) is 35.5 Å². The number of alkyl halides is 3. The molecular weight excluding hydrogens is 261 g/mol. The largest absolute Gasteiger partial charge is 0.573 e. The number of hydrogen-bond acceptors (Lipinski definition) is 3. The molecule has 0 atom stereocenters. The number of halogens is 3. The van der Waals surface area contributed by atoms with Crippen molar-refractivity contribution < 1.29 is 27.4 Å². The summed E-state index contributed by atoms with van der Waals surface area (Å²) in [5, 5.41) is 0. The van der Waals surface area contributed by atoms with Gasteiger partial charge in [-0.15, -0.1) is 13.2 Å². The monoisotopic (exact) mass is 276 g/mol. The van der Waals surface area contributed by atoms with Crippen LogP contribution in [-0.4, -0.2) is 18.9 Å². The molecule has 19 heavy (non-hydrogen) atoms. The quantitative estimate of drug-likeness (QED) is 0.746. The Kier molecular flexibility index (Phi) is 5.66. The van der Waals surface area contributed by atoms with Gasteiger partial charge in [-0.05, 0) is 30.5 Å². The normalized spacial score (nSPS) is 11.2. The van der Waals surface area contributed by atoms with E-state index in [9.17, 15) is 18.0 Å². The predicted molar refractivity (Wildman–Crippen MR) is 62.7 cm³/mol. The molecule has 0 radical (unpaired) electrons. The fourth-order valence-corrected chi connectivity index (χ4v) is 1.39. The first-order valence-corrected chi connectivity index (χ1v) is 5.91. The third-order valence-corrected chi connectivity index (χ3v) is 2.24. The highest BCUT2D eigenvalue weighted by atomic mass is 19.4. The maximum atomic E-state index is 11.9. The lowest BCUT2D eigenvalue weighted by Crippen LogP contribution is -2.17. The van der Waals surface area contributed by atoms with Crippen LogP contribution in [-0.2, 0) is 16.0 Å². The summed E-state index contributed by atoms with van der Waals surface area (Å²) in [5.41, 5.74) is 0.753. The van der Waals surface area contributed by atoms with Gasteiger partial charge in [0.05, 0.1) is 6.61 Å². The second-order valence-corrected chi connectivity index (χ2v) is 3.91. The lowest BCUT2D eigenvalue weighted by Gasteiger charge is -2.09. The number of rotatable bonds is 6. The summed E-state index contributed by atoms with van der Waals surface area (Å²) >= 11 is 0. The van der Waals surface area contributed by atoms with Crippen LogP contribution in [0.3, 0.4) is 0 Å². The van der Waals surface area contributed by atoms with Crippen LogP contribution in [0, 0.1) is 0 Å². The summed E-state index contributed by atoms with van der Waals surface area (Å²) in [6, 6.07) is 5.43. The van der Waals surface area contributed by atoms with Crippen molar-refractivity contribution in [1.29, 1.82) is 0 Å². The fraction of sp³-hybridized carbons (Fsp3) is 0.462. The maximum absolute atomic E-state index is 11.9. The van der Waals surface area contributed by atoms with E-state index in [-0.39, 0.29) is 18.1 Å². The Bertz CT molecular complexity index is 399. The summed E-state index contributed by atoms with van der Waals surface area (Å²) in [6.07, 6.45) is -3.30. The van der Waals surface area contributed by atoms with Crippen molar-refractivity contribution in [2.75, 3.05) is 6.61 Å². The van der Waals surface area contributed by atoms with E-state index in [0.717, 1.165) is 12.0 Å². The van der Waals surface area contributed by atoms with Gasteiger partial charge in [0.2, 0.25) is 0 Å². The summed E-state index contributed by atoms with van der Waals surface area (Å²) < 4.78 is 44.4. The molecule has 0 amide bonds. The van der Waals surface area contributed by atoms with Crippen molar-refractivity contribution in [2.45, 2.75) is 32.5 Å². The molecule has 1 rings (SSSR count). The number of esters is 1. The van der Waals surface area contributed by atoms with E-state index >= 15 is 0 Å². The number of ether oxygens (including phenoxy) is 2. The number of aryl methyl sites for hydroxylation is 1. The highest BCUT2D eigenvalue weighted by Gasteiger charge is 2.30. The molecule has 1 aromatic carbocycles. The van der Waals surface area contributed by atoms with Crippen molar-refractivity contribution in [3.63, 3.8) is 0 Å². The van der Waals surface area contributed by atoms with Crippen molar-refractivity contribution >= 4 is 5.97 Å². The van der Waals surface area contributed by atoms with Gasteiger partial charge in [0.25, 0.3) is 0 Å². The van der Waals surface area contributed by atoms with Crippen LogP contribution < -0.4 is 4.74 Å². The number of hydrogen-bond donors (Lipinski definition) is 0. The minimum absolute atomic E-state index is 0.208. The average Bonchev–Trinajstić information content (AvgIpc) is 2.33. The first-order valence-electron chi connectivity index (χ1n) is 5.91. The summed E-state index contributed by atoms with van der Waals surface area (Å²) in [6.45, 7) is 2.28. The van der Waals surface area contributed by atoms with Crippen molar-refractivity contribution in [3.8, 4) is 5.75 Å². The molecule has 6 heteroatoms. The van der Waals surface area contributed by atoms with Gasteiger partial charge < -0.3 is 9.47 Å². The Labute approximate surface area is 109 Å². The molecule has 0 saturated carbocycles. The first kappa shape index (κ1) is 15.3. The van der Waals surface area contributed by atoms with E-state index in [0.29, 0.717) is 13.0 Å². The van der Waals surface area contributed by atoms with Crippen LogP contribution in [0.1, 0.15) is 25.3 Å². The molecule has 0 aromatic heterocycles. The Morgan fingerprint density at radius 1 is 1.21 bits per heavy atom. The summed E-state index contributed by atoms with van der Waals surface area (Å²) in [4.78, 5) is 11.2. The third-order valence-electron chi connectivity index (χ3n) is 2.24. The Morgan fingerprint density at radius 2 is 1.84 bits per heavy atom. The van der Waals surface area contributed by atoms with Gasteiger partial charge in [-0.3, -0.25) is 4.79 Å². The molecule has 0 bridgehead atoms. The zero-order valence-electron chi connectivity index (χ0n) is 10.5. The molecule has 3 nitrogen and oxygen atoms in total. The van der Waals surface area contributed by atoms with Crippen molar-refractivity contribution in [1.82, 2.24) is 0 Å². The molecule has 1 aromatic rings. The van der Waals surface area contributed by atoms with Gasteiger partial charge in [-0.1, -0.05) is 19.1 Å². The maximum Gasteiger partial charge on any atom is 0.573 e. The van der Waals surface area contributed by atoms with E-state index in [1.54, 1.807) is 0 Å². The molecule has 0 fully saturated rings. The highest BCUT2D eigenvalue weighted by molar-refractivity contribution is 5.69. The molecule has 106 valence electrons. The second-order valence-electron chi connectivity index (χ2n) is 3.91. The number of benzene rings is 1. The molecule has 0 spiro atoms. The summed E-state index contributed by atoms with van der Waals surface area (Å²) in [5.74, 6) is -0.581. The van der Waals surface area contributed by atoms with Gasteiger partial charge in [0, 0.05) is 6.42 Å². The lowest BCUT2D eigenvalue weighted by atomic mass is 10.1. The Balaban J connectivity index is 2.42. The third kappa shape index (κ3) is 6.69. The van der Waals surface area contributed by atoms with Crippen LogP contribution in [0.2, 0.25) is 0 Å². The smallest absolute Gasteiger partial charge is 0.466 e. The predicted octanol–water partition coefficient (Wildman–Crippen LogP) is 3.47. The van der Waals surface area contributed by atoms with E-state index in [1.165, 1.54) is 24.3 Å². The fourth-order valence-electron chi connectivity index (χ4n) is 1.39. The standard InChI is InChI=1S/C13H15F3O3/c1-2-9-18-12(17)8-5-10-3-6-11(7-4-10)19-13(14,15)16/h3-4,6-7H,2,5,8-9H2,1H3. The molecule has 0 heterocycles. The van der Waals surface area contributed by atoms with E-state index < -0.39 is 6.36 Å². The second kappa shape index (κ2) is 7.01. The van der Waals surface area contributed by atoms with Crippen LogP contribution in [0.4, 0.5) is 13.2 Å². The van der Waals surface area contributed by atoms with Gasteiger partial charge in [-0.2, -0.15) is 0 Å². The zero-order chi connectivity index (χ0) is 14.3. The van der Waals surface area contributed by atoms with Gasteiger partial charge in [0.1, 0.15) is 5.75 Å². The summed E-state index contributed by atoms with van der Waals surface area (Å²) in [7, 11) is 0. The van der Waals surface area contributed by atoms with Gasteiger partial charge in [0.15, 0.2) is 0 Å². The zero-order valence-corrected chi connectivity index (χ0v) is 10.5. The van der Waals surface area contributed by atoms with E-state index in [2.05, 4.69) is 4.74 Å². The molecule has 0 aliphatic carbocycles. The molecule has 0 unspecified atom stereocenters. The van der Waals surface area contributed by atoms with Crippen molar-refractivity contribution in [3.05, 3.63) is 29.8 Å².